The summed E-state index contributed by atoms with van der Waals surface area (Å²) in [6.07, 6.45) is 3.50. The summed E-state index contributed by atoms with van der Waals surface area (Å²) in [4.78, 5) is 26.4. The van der Waals surface area contributed by atoms with E-state index in [2.05, 4.69) is 15.5 Å². The first-order valence-electron chi connectivity index (χ1n) is 8.80. The van der Waals surface area contributed by atoms with E-state index in [1.807, 2.05) is 24.3 Å². The van der Waals surface area contributed by atoms with Gasteiger partial charge in [0.05, 0.1) is 0 Å². The lowest BCUT2D eigenvalue weighted by Gasteiger charge is -2.28. The fourth-order valence-corrected chi connectivity index (χ4v) is 3.12. The quantitative estimate of drug-likeness (QED) is 0.770. The van der Waals surface area contributed by atoms with Crippen LogP contribution in [0, 0.1) is 0 Å². The lowest BCUT2D eigenvalue weighted by Crippen LogP contribution is -2.29. The molecule has 1 aliphatic rings. The molecule has 0 bridgehead atoms. The van der Waals surface area contributed by atoms with Crippen LogP contribution in [-0.4, -0.2) is 24.9 Å². The molecule has 0 saturated carbocycles. The highest BCUT2D eigenvalue weighted by Gasteiger charge is 2.12. The molecule has 2 aromatic carbocycles. The molecule has 0 radical (unpaired) electrons. The van der Waals surface area contributed by atoms with Crippen LogP contribution in [0.3, 0.4) is 0 Å². The maximum absolute atomic E-state index is 12.1. The molecule has 2 aromatic rings. The van der Waals surface area contributed by atoms with Crippen LogP contribution in [0.2, 0.25) is 5.02 Å². The Morgan fingerprint density at radius 1 is 0.808 bits per heavy atom. The van der Waals surface area contributed by atoms with Crippen molar-refractivity contribution in [1.82, 2.24) is 0 Å². The SMILES string of the molecule is O=C(CC(=O)Nc1ccc(N2CCCCC2)cc1)Nc1ccc(Cl)cc1. The second-order valence-corrected chi connectivity index (χ2v) is 6.81. The third-order valence-electron chi connectivity index (χ3n) is 4.32. The van der Waals surface area contributed by atoms with Gasteiger partial charge in [-0.15, -0.1) is 0 Å². The van der Waals surface area contributed by atoms with E-state index in [1.165, 1.54) is 24.9 Å². The van der Waals surface area contributed by atoms with E-state index < -0.39 is 0 Å². The molecular formula is C20H22ClN3O2. The predicted molar refractivity (Wildman–Crippen MR) is 106 cm³/mol. The van der Waals surface area contributed by atoms with Crippen molar-refractivity contribution in [2.45, 2.75) is 25.7 Å². The monoisotopic (exact) mass is 371 g/mol. The van der Waals surface area contributed by atoms with Gasteiger partial charge in [-0.2, -0.15) is 0 Å². The first kappa shape index (κ1) is 18.3. The summed E-state index contributed by atoms with van der Waals surface area (Å²) in [5.74, 6) is -0.711. The average Bonchev–Trinajstić information content (AvgIpc) is 2.65. The van der Waals surface area contributed by atoms with Crippen molar-refractivity contribution in [3.63, 3.8) is 0 Å². The normalized spacial score (nSPS) is 14.0. The van der Waals surface area contributed by atoms with Gasteiger partial charge in [-0.3, -0.25) is 9.59 Å². The van der Waals surface area contributed by atoms with Crippen molar-refractivity contribution in [2.24, 2.45) is 0 Å². The van der Waals surface area contributed by atoms with E-state index >= 15 is 0 Å². The van der Waals surface area contributed by atoms with Gasteiger partial charge in [0.1, 0.15) is 6.42 Å². The van der Waals surface area contributed by atoms with Gasteiger partial charge in [-0.05, 0) is 67.8 Å². The summed E-state index contributed by atoms with van der Waals surface area (Å²) in [6, 6.07) is 14.5. The Balaban J connectivity index is 1.49. The second kappa shape index (κ2) is 8.72. The number of amides is 2. The summed E-state index contributed by atoms with van der Waals surface area (Å²) >= 11 is 5.80. The van der Waals surface area contributed by atoms with Gasteiger partial charge in [0.25, 0.3) is 0 Å². The molecule has 2 amide bonds. The Hall–Kier alpha value is -2.53. The molecule has 26 heavy (non-hydrogen) atoms. The summed E-state index contributed by atoms with van der Waals surface area (Å²) in [6.45, 7) is 2.16. The van der Waals surface area contributed by atoms with Gasteiger partial charge in [-0.25, -0.2) is 0 Å². The molecule has 0 atom stereocenters. The van der Waals surface area contributed by atoms with Gasteiger partial charge in [0.2, 0.25) is 11.8 Å². The predicted octanol–water partition coefficient (Wildman–Crippen LogP) is 4.30. The van der Waals surface area contributed by atoms with Gasteiger partial charge in [0, 0.05) is 35.2 Å². The second-order valence-electron chi connectivity index (χ2n) is 6.37. The summed E-state index contributed by atoms with van der Waals surface area (Å²) < 4.78 is 0. The number of halogens is 1. The number of carbonyl (C=O) groups is 2. The Morgan fingerprint density at radius 3 is 1.85 bits per heavy atom. The van der Waals surface area contributed by atoms with Crippen molar-refractivity contribution in [1.29, 1.82) is 0 Å². The molecule has 0 spiro atoms. The van der Waals surface area contributed by atoms with Crippen molar-refractivity contribution < 1.29 is 9.59 Å². The highest BCUT2D eigenvalue weighted by molar-refractivity contribution is 6.30. The van der Waals surface area contributed by atoms with Crippen LogP contribution in [0.1, 0.15) is 25.7 Å². The number of anilines is 3. The molecule has 6 heteroatoms. The van der Waals surface area contributed by atoms with Crippen molar-refractivity contribution in [2.75, 3.05) is 28.6 Å². The first-order valence-corrected chi connectivity index (χ1v) is 9.18. The van der Waals surface area contributed by atoms with E-state index in [9.17, 15) is 9.59 Å². The zero-order chi connectivity index (χ0) is 18.4. The van der Waals surface area contributed by atoms with Gasteiger partial charge >= 0.3 is 0 Å². The van der Waals surface area contributed by atoms with Crippen LogP contribution in [0.5, 0.6) is 0 Å². The van der Waals surface area contributed by atoms with E-state index in [0.29, 0.717) is 16.4 Å². The number of benzene rings is 2. The first-order chi connectivity index (χ1) is 12.6. The molecular weight excluding hydrogens is 350 g/mol. The Kier molecular flexibility index (Phi) is 6.12. The Morgan fingerprint density at radius 2 is 1.31 bits per heavy atom. The van der Waals surface area contributed by atoms with Gasteiger partial charge < -0.3 is 15.5 Å². The number of hydrogen-bond donors (Lipinski definition) is 2. The van der Waals surface area contributed by atoms with E-state index in [0.717, 1.165) is 13.1 Å². The summed E-state index contributed by atoms with van der Waals surface area (Å²) in [5, 5.41) is 6.02. The maximum atomic E-state index is 12.1. The van der Waals surface area contributed by atoms with Crippen molar-refractivity contribution >= 4 is 40.5 Å². The molecule has 136 valence electrons. The number of piperidine rings is 1. The number of carbonyl (C=O) groups excluding carboxylic acids is 2. The lowest BCUT2D eigenvalue weighted by molar-refractivity contribution is -0.123. The molecule has 1 saturated heterocycles. The fourth-order valence-electron chi connectivity index (χ4n) is 3.00. The molecule has 0 unspecified atom stereocenters. The van der Waals surface area contributed by atoms with Crippen LogP contribution >= 0.6 is 11.6 Å². The molecule has 0 aliphatic carbocycles. The number of rotatable bonds is 5. The summed E-state index contributed by atoms with van der Waals surface area (Å²) in [5.41, 5.74) is 2.47. The third kappa shape index (κ3) is 5.23. The molecule has 3 rings (SSSR count). The minimum atomic E-state index is -0.366. The fraction of sp³-hybridized carbons (Fsp3) is 0.300. The summed E-state index contributed by atoms with van der Waals surface area (Å²) in [7, 11) is 0. The Bertz CT molecular complexity index is 754. The third-order valence-corrected chi connectivity index (χ3v) is 4.57. The topological polar surface area (TPSA) is 61.4 Å². The van der Waals surface area contributed by atoms with E-state index in [1.54, 1.807) is 24.3 Å². The van der Waals surface area contributed by atoms with Gasteiger partial charge in [0.15, 0.2) is 0 Å². The van der Waals surface area contributed by atoms with Crippen LogP contribution in [0.4, 0.5) is 17.1 Å². The highest BCUT2D eigenvalue weighted by Crippen LogP contribution is 2.22. The van der Waals surface area contributed by atoms with Crippen LogP contribution < -0.4 is 15.5 Å². The Labute approximate surface area is 158 Å². The largest absolute Gasteiger partial charge is 0.372 e. The van der Waals surface area contributed by atoms with Crippen LogP contribution in [0.15, 0.2) is 48.5 Å². The smallest absolute Gasteiger partial charge is 0.233 e. The molecule has 1 fully saturated rings. The number of hydrogen-bond acceptors (Lipinski definition) is 3. The average molecular weight is 372 g/mol. The highest BCUT2D eigenvalue weighted by atomic mass is 35.5. The minimum Gasteiger partial charge on any atom is -0.372 e. The standard InChI is InChI=1S/C20H22ClN3O2/c21-15-4-6-16(7-5-15)22-19(25)14-20(26)23-17-8-10-18(11-9-17)24-12-2-1-3-13-24/h4-11H,1-3,12-14H2,(H,22,25)(H,23,26). The zero-order valence-electron chi connectivity index (χ0n) is 14.5. The number of nitrogens with zero attached hydrogens (tertiary/aromatic N) is 1. The maximum Gasteiger partial charge on any atom is 0.233 e. The molecule has 0 aromatic heterocycles. The molecule has 1 heterocycles. The van der Waals surface area contributed by atoms with Crippen LogP contribution in [-0.2, 0) is 9.59 Å². The molecule has 2 N–H and O–H groups in total. The van der Waals surface area contributed by atoms with Crippen LogP contribution in [0.25, 0.3) is 0 Å². The van der Waals surface area contributed by atoms with Crippen molar-refractivity contribution in [3.05, 3.63) is 53.6 Å². The number of nitrogens with one attached hydrogen (secondary N) is 2. The molecule has 1 aliphatic heterocycles. The molecule has 5 nitrogen and oxygen atoms in total. The zero-order valence-corrected chi connectivity index (χ0v) is 15.3. The van der Waals surface area contributed by atoms with Crippen molar-refractivity contribution in [3.8, 4) is 0 Å². The van der Waals surface area contributed by atoms with E-state index in [-0.39, 0.29) is 18.2 Å². The van der Waals surface area contributed by atoms with Gasteiger partial charge in [-0.1, -0.05) is 11.6 Å². The lowest BCUT2D eigenvalue weighted by atomic mass is 10.1. The minimum absolute atomic E-state index is 0.240. The van der Waals surface area contributed by atoms with E-state index in [4.69, 9.17) is 11.6 Å².